The molecule has 12 heteroatoms. The SMILES string of the molecule is CC#CC#COC(C)(C)CCC(=O)CC1OC(CO)C(OC2OC(CO)C(O)C(O)C2O)C(O)C1O.[HH].[HH].[HH].[HH].[HH]. The van der Waals surface area contributed by atoms with Crippen molar-refractivity contribution >= 4 is 5.78 Å². The quantitative estimate of drug-likeness (QED) is 0.161. The Morgan fingerprint density at radius 3 is 2.14 bits per heavy atom. The molecule has 2 heterocycles. The molecule has 0 amide bonds. The smallest absolute Gasteiger partial charge is 0.187 e. The van der Waals surface area contributed by atoms with Crippen LogP contribution in [0, 0.1) is 23.9 Å². The van der Waals surface area contributed by atoms with Gasteiger partial charge < -0.3 is 54.7 Å². The topological polar surface area (TPSA) is 196 Å². The van der Waals surface area contributed by atoms with Crippen molar-refractivity contribution in [3.63, 3.8) is 0 Å². The van der Waals surface area contributed by atoms with E-state index >= 15 is 0 Å². The van der Waals surface area contributed by atoms with Crippen LogP contribution in [0.3, 0.4) is 0 Å². The van der Waals surface area contributed by atoms with Crippen LogP contribution in [0.1, 0.15) is 47.2 Å². The van der Waals surface area contributed by atoms with Crippen molar-refractivity contribution < 1.29 is 66.6 Å². The van der Waals surface area contributed by atoms with Crippen molar-refractivity contribution in [1.29, 1.82) is 0 Å². The Morgan fingerprint density at radius 1 is 0.889 bits per heavy atom. The molecule has 0 aliphatic carbocycles. The molecule has 7 N–H and O–H groups in total. The highest BCUT2D eigenvalue weighted by atomic mass is 16.7. The lowest BCUT2D eigenvalue weighted by Gasteiger charge is -2.46. The van der Waals surface area contributed by atoms with Crippen LogP contribution in [0.15, 0.2) is 0 Å². The first-order valence-corrected chi connectivity index (χ1v) is 11.7. The summed E-state index contributed by atoms with van der Waals surface area (Å²) in [6.07, 6.45) is -12.4. The van der Waals surface area contributed by atoms with Gasteiger partial charge in [-0.15, -0.1) is 0 Å². The number of ketones is 1. The molecule has 2 aliphatic rings. The molecule has 10 unspecified atom stereocenters. The van der Waals surface area contributed by atoms with Crippen LogP contribution in [0.5, 0.6) is 0 Å². The molecule has 2 fully saturated rings. The standard InChI is InChI=1S/C24H36O12.5H2/c1-4-5-6-9-33-24(2,3)8-7-13(27)10-14-17(28)20(31)22(16(12-26)34-14)36-23-21(32)19(30)18(29)15(11-25)35-23;;;;;/h14-23,25-26,28-32H,7-8,10-12H2,1-3H3;5*1H. The van der Waals surface area contributed by atoms with E-state index in [2.05, 4.69) is 23.9 Å². The van der Waals surface area contributed by atoms with E-state index in [4.69, 9.17) is 18.9 Å². The monoisotopic (exact) mass is 526 g/mol. The van der Waals surface area contributed by atoms with Crippen molar-refractivity contribution in [3.05, 3.63) is 0 Å². The largest absolute Gasteiger partial charge is 0.440 e. The van der Waals surface area contributed by atoms with Crippen molar-refractivity contribution in [2.75, 3.05) is 13.2 Å². The Hall–Kier alpha value is -1.81. The molecule has 36 heavy (non-hydrogen) atoms. The molecule has 0 aromatic heterocycles. The molecule has 2 rings (SSSR count). The molecule has 214 valence electrons. The van der Waals surface area contributed by atoms with Gasteiger partial charge in [-0.05, 0) is 33.1 Å². The van der Waals surface area contributed by atoms with Crippen molar-refractivity contribution in [1.82, 2.24) is 0 Å². The van der Waals surface area contributed by atoms with Crippen molar-refractivity contribution in [2.45, 2.75) is 107 Å². The van der Waals surface area contributed by atoms with E-state index in [1.807, 2.05) is 0 Å². The van der Waals surface area contributed by atoms with E-state index in [9.17, 15) is 40.5 Å². The number of carbonyl (C=O) groups excluding carboxylic acids is 1. The van der Waals surface area contributed by atoms with Gasteiger partial charge in [0.05, 0.1) is 19.3 Å². The minimum absolute atomic E-state index is 0. The summed E-state index contributed by atoms with van der Waals surface area (Å²) in [5.41, 5.74) is -0.735. The minimum atomic E-state index is -1.75. The second-order valence-corrected chi connectivity index (χ2v) is 9.38. The second-order valence-electron chi connectivity index (χ2n) is 9.38. The maximum atomic E-state index is 12.6. The fraction of sp³-hybridized carbons (Fsp3) is 0.792. The average molecular weight is 527 g/mol. The Bertz CT molecular complexity index is 857. The molecule has 0 saturated carbocycles. The van der Waals surface area contributed by atoms with Gasteiger partial charge in [0, 0.05) is 25.9 Å². The van der Waals surface area contributed by atoms with Crippen LogP contribution in [0.4, 0.5) is 0 Å². The molecule has 12 nitrogen and oxygen atoms in total. The van der Waals surface area contributed by atoms with Crippen molar-refractivity contribution in [2.24, 2.45) is 0 Å². The molecule has 0 spiro atoms. The number of carbonyl (C=O) groups is 1. The molecule has 0 aromatic rings. The molecular weight excluding hydrogens is 480 g/mol. The highest BCUT2D eigenvalue weighted by Gasteiger charge is 2.50. The minimum Gasteiger partial charge on any atom is -0.440 e. The van der Waals surface area contributed by atoms with Gasteiger partial charge in [0.2, 0.25) is 0 Å². The van der Waals surface area contributed by atoms with E-state index in [-0.39, 0.29) is 25.8 Å². The third-order valence-electron chi connectivity index (χ3n) is 6.10. The number of rotatable bonds is 10. The van der Waals surface area contributed by atoms with Crippen LogP contribution in [0.25, 0.3) is 0 Å². The maximum absolute atomic E-state index is 12.6. The highest BCUT2D eigenvalue weighted by Crippen LogP contribution is 2.30. The first-order valence-electron chi connectivity index (χ1n) is 11.7. The summed E-state index contributed by atoms with van der Waals surface area (Å²) < 4.78 is 21.8. The second kappa shape index (κ2) is 13.7. The zero-order valence-corrected chi connectivity index (χ0v) is 20.5. The van der Waals surface area contributed by atoms with Gasteiger partial charge in [-0.25, -0.2) is 0 Å². The van der Waals surface area contributed by atoms with Crippen LogP contribution in [0.2, 0.25) is 0 Å². The Morgan fingerprint density at radius 2 is 1.53 bits per heavy atom. The third-order valence-corrected chi connectivity index (χ3v) is 6.10. The lowest BCUT2D eigenvalue weighted by atomic mass is 9.90. The number of aliphatic hydroxyl groups excluding tert-OH is 7. The number of aliphatic hydroxyl groups is 7. The van der Waals surface area contributed by atoms with Gasteiger partial charge in [0.1, 0.15) is 66.3 Å². The van der Waals surface area contributed by atoms with E-state index in [1.54, 1.807) is 20.8 Å². The summed E-state index contributed by atoms with van der Waals surface area (Å²) in [7, 11) is 0. The molecule has 10 atom stereocenters. The summed E-state index contributed by atoms with van der Waals surface area (Å²) in [5.74, 6) is 7.38. The molecule has 2 saturated heterocycles. The molecule has 0 aromatic carbocycles. The van der Waals surface area contributed by atoms with Gasteiger partial charge in [-0.1, -0.05) is 5.92 Å². The van der Waals surface area contributed by atoms with E-state index in [0.717, 1.165) is 0 Å². The third kappa shape index (κ3) is 7.84. The fourth-order valence-corrected chi connectivity index (χ4v) is 3.90. The number of Topliss-reactive ketones (excluding diaryl/α,β-unsaturated/α-hetero) is 1. The Labute approximate surface area is 217 Å². The van der Waals surface area contributed by atoms with Crippen LogP contribution in [-0.4, -0.2) is 122 Å². The highest BCUT2D eigenvalue weighted by molar-refractivity contribution is 5.79. The van der Waals surface area contributed by atoms with Crippen LogP contribution >= 0.6 is 0 Å². The molecular formula is C24H46O12. The Balaban J connectivity index is -0.00000137. The number of ether oxygens (including phenoxy) is 4. The van der Waals surface area contributed by atoms with E-state index in [1.165, 1.54) is 0 Å². The van der Waals surface area contributed by atoms with Gasteiger partial charge in [-0.3, -0.25) is 4.79 Å². The maximum Gasteiger partial charge on any atom is 0.187 e. The van der Waals surface area contributed by atoms with E-state index in [0.29, 0.717) is 6.42 Å². The molecule has 0 radical (unpaired) electrons. The summed E-state index contributed by atoms with van der Waals surface area (Å²) in [6.45, 7) is 3.80. The fourth-order valence-electron chi connectivity index (χ4n) is 3.90. The van der Waals surface area contributed by atoms with Crippen LogP contribution in [-0.2, 0) is 23.7 Å². The van der Waals surface area contributed by atoms with E-state index < -0.39 is 80.0 Å². The summed E-state index contributed by atoms with van der Waals surface area (Å²) in [6, 6.07) is 0. The summed E-state index contributed by atoms with van der Waals surface area (Å²) in [4.78, 5) is 12.6. The van der Waals surface area contributed by atoms with Gasteiger partial charge in [0.15, 0.2) is 6.29 Å². The Kier molecular flexibility index (Phi) is 11.5. The number of hydrogen-bond donors (Lipinski definition) is 7. The zero-order valence-electron chi connectivity index (χ0n) is 20.5. The predicted molar refractivity (Wildman–Crippen MR) is 132 cm³/mol. The predicted octanol–water partition coefficient (Wildman–Crippen LogP) is -1.60. The average Bonchev–Trinajstić information content (AvgIpc) is 2.85. The first kappa shape index (κ1) is 30.4. The lowest BCUT2D eigenvalue weighted by molar-refractivity contribution is -0.341. The normalized spacial score (nSPS) is 36.7. The molecule has 2 aliphatic heterocycles. The summed E-state index contributed by atoms with van der Waals surface area (Å²) in [5, 5.41) is 70.3. The van der Waals surface area contributed by atoms with Gasteiger partial charge in [0.25, 0.3) is 0 Å². The van der Waals surface area contributed by atoms with Crippen molar-refractivity contribution in [3.8, 4) is 23.9 Å². The first-order chi connectivity index (χ1) is 16.9. The summed E-state index contributed by atoms with van der Waals surface area (Å²) >= 11 is 0. The molecule has 0 bridgehead atoms. The lowest BCUT2D eigenvalue weighted by Crippen LogP contribution is -2.64. The number of hydrogen-bond acceptors (Lipinski definition) is 12. The zero-order chi connectivity index (χ0) is 27.0. The van der Waals surface area contributed by atoms with Gasteiger partial charge >= 0.3 is 0 Å². The van der Waals surface area contributed by atoms with Crippen LogP contribution < -0.4 is 0 Å². The van der Waals surface area contributed by atoms with Gasteiger partial charge in [-0.2, -0.15) is 0 Å².